The third-order valence-electron chi connectivity index (χ3n) is 5.32. The molecule has 2 aromatic rings. The first-order valence-corrected chi connectivity index (χ1v) is 9.17. The van der Waals surface area contributed by atoms with Gasteiger partial charge in [-0.1, -0.05) is 48.5 Å². The average molecular weight is 349 g/mol. The highest BCUT2D eigenvalue weighted by Gasteiger charge is 2.31. The third kappa shape index (κ3) is 3.48. The first kappa shape index (κ1) is 16.8. The van der Waals surface area contributed by atoms with Crippen molar-refractivity contribution in [3.8, 4) is 0 Å². The van der Waals surface area contributed by atoms with Crippen LogP contribution in [0.2, 0.25) is 0 Å². The van der Waals surface area contributed by atoms with Crippen molar-refractivity contribution in [2.45, 2.75) is 25.4 Å². The van der Waals surface area contributed by atoms with Crippen LogP contribution < -0.4 is 5.32 Å². The van der Waals surface area contributed by atoms with Gasteiger partial charge in [-0.2, -0.15) is 0 Å². The molecule has 2 aromatic carbocycles. The van der Waals surface area contributed by atoms with E-state index in [0.29, 0.717) is 13.1 Å². The van der Waals surface area contributed by atoms with Crippen LogP contribution in [-0.2, 0) is 6.54 Å². The number of carbonyl (C=O) groups is 2. The molecular formula is C21H23N3O2. The fraction of sp³-hybridized carbons (Fsp3) is 0.333. The van der Waals surface area contributed by atoms with Gasteiger partial charge in [-0.05, 0) is 24.5 Å². The SMILES string of the molecule is O=C(CN1CCC(N2Cc3ccccc3NC2=O)CC1)c1ccccc1. The number of anilines is 1. The van der Waals surface area contributed by atoms with Gasteiger partial charge in [0.15, 0.2) is 5.78 Å². The number of carbonyl (C=O) groups excluding carboxylic acids is 2. The molecule has 1 N–H and O–H groups in total. The maximum Gasteiger partial charge on any atom is 0.322 e. The molecule has 0 unspecified atom stereocenters. The van der Waals surface area contributed by atoms with Crippen LogP contribution in [0.25, 0.3) is 0 Å². The summed E-state index contributed by atoms with van der Waals surface area (Å²) in [4.78, 5) is 29.0. The molecule has 2 heterocycles. The minimum Gasteiger partial charge on any atom is -0.317 e. The van der Waals surface area contributed by atoms with E-state index in [2.05, 4.69) is 16.3 Å². The number of likely N-dealkylation sites (tertiary alicyclic amines) is 1. The molecule has 0 spiro atoms. The van der Waals surface area contributed by atoms with Crippen LogP contribution in [0, 0.1) is 0 Å². The predicted molar refractivity (Wildman–Crippen MR) is 101 cm³/mol. The van der Waals surface area contributed by atoms with Gasteiger partial charge < -0.3 is 10.2 Å². The van der Waals surface area contributed by atoms with Crippen molar-refractivity contribution in [2.24, 2.45) is 0 Å². The second kappa shape index (κ2) is 7.30. The minimum atomic E-state index is -0.0116. The Morgan fingerprint density at radius 3 is 2.46 bits per heavy atom. The summed E-state index contributed by atoms with van der Waals surface area (Å²) in [5.41, 5.74) is 2.84. The lowest BCUT2D eigenvalue weighted by molar-refractivity contribution is 0.0854. The predicted octanol–water partition coefficient (Wildman–Crippen LogP) is 3.38. The first-order chi connectivity index (χ1) is 12.7. The molecule has 0 bridgehead atoms. The number of benzene rings is 2. The zero-order valence-corrected chi connectivity index (χ0v) is 14.7. The summed E-state index contributed by atoms with van der Waals surface area (Å²) in [5.74, 6) is 0.161. The van der Waals surface area contributed by atoms with Gasteiger partial charge in [0, 0.05) is 36.9 Å². The van der Waals surface area contributed by atoms with Crippen molar-refractivity contribution in [3.05, 3.63) is 65.7 Å². The molecule has 0 atom stereocenters. The quantitative estimate of drug-likeness (QED) is 0.861. The topological polar surface area (TPSA) is 52.7 Å². The van der Waals surface area contributed by atoms with Crippen molar-refractivity contribution < 1.29 is 9.59 Å². The fourth-order valence-corrected chi connectivity index (χ4v) is 3.82. The Kier molecular flexibility index (Phi) is 4.71. The molecule has 1 saturated heterocycles. The molecule has 26 heavy (non-hydrogen) atoms. The number of hydrogen-bond donors (Lipinski definition) is 1. The largest absolute Gasteiger partial charge is 0.322 e. The van der Waals surface area contributed by atoms with Gasteiger partial charge in [-0.25, -0.2) is 4.79 Å². The van der Waals surface area contributed by atoms with Gasteiger partial charge in [-0.15, -0.1) is 0 Å². The normalized spacial score (nSPS) is 18.3. The van der Waals surface area contributed by atoms with E-state index in [1.807, 2.05) is 53.4 Å². The monoisotopic (exact) mass is 349 g/mol. The zero-order valence-electron chi connectivity index (χ0n) is 14.7. The molecule has 5 heteroatoms. The second-order valence-corrected chi connectivity index (χ2v) is 7.01. The Hall–Kier alpha value is -2.66. The van der Waals surface area contributed by atoms with E-state index >= 15 is 0 Å². The van der Waals surface area contributed by atoms with Gasteiger partial charge in [0.2, 0.25) is 0 Å². The highest BCUT2D eigenvalue weighted by atomic mass is 16.2. The van der Waals surface area contributed by atoms with E-state index in [4.69, 9.17) is 0 Å². The Morgan fingerprint density at radius 1 is 1.00 bits per heavy atom. The molecule has 0 aliphatic carbocycles. The number of urea groups is 1. The lowest BCUT2D eigenvalue weighted by atomic mass is 10.00. The molecule has 2 aliphatic rings. The minimum absolute atomic E-state index is 0.0116. The van der Waals surface area contributed by atoms with Crippen LogP contribution in [0.1, 0.15) is 28.8 Å². The van der Waals surface area contributed by atoms with E-state index in [0.717, 1.165) is 42.7 Å². The second-order valence-electron chi connectivity index (χ2n) is 7.01. The van der Waals surface area contributed by atoms with E-state index < -0.39 is 0 Å². The van der Waals surface area contributed by atoms with Crippen LogP contribution >= 0.6 is 0 Å². The number of Topliss-reactive ketones (excluding diaryl/α,β-unsaturated/α-hetero) is 1. The van der Waals surface area contributed by atoms with Gasteiger partial charge >= 0.3 is 6.03 Å². The molecule has 0 saturated carbocycles. The Bertz CT molecular complexity index is 798. The van der Waals surface area contributed by atoms with Crippen molar-refractivity contribution in [2.75, 3.05) is 25.0 Å². The average Bonchev–Trinajstić information content (AvgIpc) is 2.69. The van der Waals surface area contributed by atoms with Gasteiger partial charge in [0.1, 0.15) is 0 Å². The number of piperidine rings is 1. The van der Waals surface area contributed by atoms with Gasteiger partial charge in [0.05, 0.1) is 6.54 Å². The van der Waals surface area contributed by atoms with Crippen LogP contribution in [0.15, 0.2) is 54.6 Å². The standard InChI is InChI=1S/C21H23N3O2/c25-20(16-6-2-1-3-7-16)15-23-12-10-18(11-13-23)24-14-17-8-4-5-9-19(17)22-21(24)26/h1-9,18H,10-15H2,(H,22,26). The highest BCUT2D eigenvalue weighted by Crippen LogP contribution is 2.27. The van der Waals surface area contributed by atoms with Crippen molar-refractivity contribution >= 4 is 17.5 Å². The van der Waals surface area contributed by atoms with E-state index in [1.54, 1.807) is 0 Å². The number of ketones is 1. The van der Waals surface area contributed by atoms with Crippen molar-refractivity contribution in [1.29, 1.82) is 0 Å². The maximum absolute atomic E-state index is 12.4. The van der Waals surface area contributed by atoms with E-state index in [-0.39, 0.29) is 17.9 Å². The highest BCUT2D eigenvalue weighted by molar-refractivity contribution is 5.97. The summed E-state index contributed by atoms with van der Waals surface area (Å²) in [6.45, 7) is 2.80. The first-order valence-electron chi connectivity index (χ1n) is 9.17. The van der Waals surface area contributed by atoms with Crippen molar-refractivity contribution in [1.82, 2.24) is 9.80 Å². The molecule has 0 radical (unpaired) electrons. The summed E-state index contributed by atoms with van der Waals surface area (Å²) in [6.07, 6.45) is 1.80. The summed E-state index contributed by atoms with van der Waals surface area (Å²) >= 11 is 0. The number of nitrogens with zero attached hydrogens (tertiary/aromatic N) is 2. The number of hydrogen-bond acceptors (Lipinski definition) is 3. The van der Waals surface area contributed by atoms with Gasteiger partial charge in [-0.3, -0.25) is 9.69 Å². The molecule has 2 aliphatic heterocycles. The number of amides is 2. The fourth-order valence-electron chi connectivity index (χ4n) is 3.82. The molecular weight excluding hydrogens is 326 g/mol. The lowest BCUT2D eigenvalue weighted by Gasteiger charge is -2.40. The molecule has 134 valence electrons. The Morgan fingerprint density at radius 2 is 1.69 bits per heavy atom. The number of rotatable bonds is 4. The third-order valence-corrected chi connectivity index (χ3v) is 5.32. The maximum atomic E-state index is 12.4. The number of nitrogens with one attached hydrogen (secondary N) is 1. The van der Waals surface area contributed by atoms with Crippen LogP contribution in [0.5, 0.6) is 0 Å². The van der Waals surface area contributed by atoms with E-state index in [1.165, 1.54) is 0 Å². The lowest BCUT2D eigenvalue weighted by Crippen LogP contribution is -2.50. The van der Waals surface area contributed by atoms with Crippen LogP contribution in [0.3, 0.4) is 0 Å². The summed E-state index contributed by atoms with van der Waals surface area (Å²) < 4.78 is 0. The smallest absolute Gasteiger partial charge is 0.317 e. The molecule has 5 nitrogen and oxygen atoms in total. The number of fused-ring (bicyclic) bond motifs is 1. The molecule has 1 fully saturated rings. The Balaban J connectivity index is 1.34. The van der Waals surface area contributed by atoms with Crippen molar-refractivity contribution in [3.63, 3.8) is 0 Å². The van der Waals surface area contributed by atoms with Crippen LogP contribution in [0.4, 0.5) is 10.5 Å². The summed E-state index contributed by atoms with van der Waals surface area (Å²) in [6, 6.07) is 17.6. The van der Waals surface area contributed by atoms with Crippen LogP contribution in [-0.4, -0.2) is 47.3 Å². The Labute approximate surface area is 153 Å². The molecule has 4 rings (SSSR count). The number of para-hydroxylation sites is 1. The molecule has 0 aromatic heterocycles. The van der Waals surface area contributed by atoms with E-state index in [9.17, 15) is 9.59 Å². The summed E-state index contributed by atoms with van der Waals surface area (Å²) in [5, 5.41) is 2.99. The van der Waals surface area contributed by atoms with Gasteiger partial charge in [0.25, 0.3) is 0 Å². The zero-order chi connectivity index (χ0) is 17.9. The molecule has 2 amide bonds. The summed E-state index contributed by atoms with van der Waals surface area (Å²) in [7, 11) is 0.